The smallest absolute Gasteiger partial charge is 0.238 e. The van der Waals surface area contributed by atoms with Crippen molar-refractivity contribution in [1.29, 1.82) is 0 Å². The quantitative estimate of drug-likeness (QED) is 0.813. The van der Waals surface area contributed by atoms with Crippen molar-refractivity contribution in [3.63, 3.8) is 0 Å². The summed E-state index contributed by atoms with van der Waals surface area (Å²) in [4.78, 5) is 14.3. The molecule has 0 radical (unpaired) electrons. The molecule has 0 saturated heterocycles. The molecule has 2 aromatic rings. The van der Waals surface area contributed by atoms with E-state index in [0.717, 1.165) is 28.1 Å². The van der Waals surface area contributed by atoms with Crippen LogP contribution in [0.4, 0.5) is 5.69 Å². The summed E-state index contributed by atoms with van der Waals surface area (Å²) in [5, 5.41) is 3.14. The van der Waals surface area contributed by atoms with Crippen molar-refractivity contribution in [3.05, 3.63) is 57.6 Å². The Morgan fingerprint density at radius 1 is 1.11 bits per heavy atom. The molecule has 4 nitrogen and oxygen atoms in total. The summed E-state index contributed by atoms with van der Waals surface area (Å²) in [6.45, 7) is 11.7. The second kappa shape index (κ2) is 7.96. The van der Waals surface area contributed by atoms with Crippen LogP contribution in [0.15, 0.2) is 24.3 Å². The van der Waals surface area contributed by atoms with E-state index < -0.39 is 0 Å². The predicted octanol–water partition coefficient (Wildman–Crippen LogP) is 4.76. The minimum atomic E-state index is 0.00676. The highest BCUT2D eigenvalue weighted by atomic mass is 16.5. The zero-order valence-electron chi connectivity index (χ0n) is 18.1. The molecule has 4 heteroatoms. The lowest BCUT2D eigenvalue weighted by molar-refractivity contribution is -0.116. The van der Waals surface area contributed by atoms with Crippen LogP contribution >= 0.6 is 0 Å². The van der Waals surface area contributed by atoms with Crippen molar-refractivity contribution < 1.29 is 9.53 Å². The van der Waals surface area contributed by atoms with Gasteiger partial charge in [0.05, 0.1) is 13.2 Å². The van der Waals surface area contributed by atoms with Crippen LogP contribution in [0.25, 0.3) is 0 Å². The number of nitrogens with zero attached hydrogens (tertiary/aromatic N) is 1. The van der Waals surface area contributed by atoms with Crippen LogP contribution in [0.1, 0.15) is 59.1 Å². The van der Waals surface area contributed by atoms with E-state index >= 15 is 0 Å². The lowest BCUT2D eigenvalue weighted by Gasteiger charge is -2.21. The van der Waals surface area contributed by atoms with Crippen molar-refractivity contribution in [2.24, 2.45) is 0 Å². The van der Waals surface area contributed by atoms with Crippen LogP contribution in [-0.4, -0.2) is 38.1 Å². The van der Waals surface area contributed by atoms with Gasteiger partial charge in [0.2, 0.25) is 5.91 Å². The fourth-order valence-electron chi connectivity index (χ4n) is 4.03. The average Bonchev–Trinajstić information content (AvgIpc) is 3.08. The van der Waals surface area contributed by atoms with Crippen LogP contribution in [0, 0.1) is 20.8 Å². The maximum Gasteiger partial charge on any atom is 0.238 e. The van der Waals surface area contributed by atoms with E-state index in [9.17, 15) is 4.79 Å². The van der Waals surface area contributed by atoms with Crippen LogP contribution in [-0.2, 0) is 4.79 Å². The molecule has 1 N–H and O–H groups in total. The molecule has 150 valence electrons. The van der Waals surface area contributed by atoms with E-state index in [0.29, 0.717) is 19.1 Å². The Morgan fingerprint density at radius 3 is 2.32 bits per heavy atom. The molecule has 1 amide bonds. The molecule has 1 unspecified atom stereocenters. The number of amides is 1. The van der Waals surface area contributed by atoms with Crippen molar-refractivity contribution in [1.82, 2.24) is 4.90 Å². The Hall–Kier alpha value is -2.33. The van der Waals surface area contributed by atoms with Crippen LogP contribution in [0.2, 0.25) is 0 Å². The number of nitrogens with one attached hydrogen (secondary N) is 1. The molecule has 0 saturated carbocycles. The lowest BCUT2D eigenvalue weighted by Crippen LogP contribution is -2.28. The van der Waals surface area contributed by atoms with Gasteiger partial charge < -0.3 is 15.0 Å². The molecular weight excluding hydrogens is 348 g/mol. The van der Waals surface area contributed by atoms with Crippen LogP contribution < -0.4 is 10.1 Å². The number of carbonyl (C=O) groups excluding carboxylic acids is 1. The lowest BCUT2D eigenvalue weighted by atomic mass is 9.85. The monoisotopic (exact) mass is 380 g/mol. The van der Waals surface area contributed by atoms with Crippen molar-refractivity contribution in [3.8, 4) is 5.75 Å². The SMILES string of the molecule is Cc1c(C)c2c(c(C)c1NC(=O)CN(C)C)C(c1ccc(C(C)C)cc1)CO2. The molecule has 28 heavy (non-hydrogen) atoms. The van der Waals surface area contributed by atoms with Gasteiger partial charge in [-0.2, -0.15) is 0 Å². The van der Waals surface area contributed by atoms with Crippen molar-refractivity contribution in [2.75, 3.05) is 32.6 Å². The Bertz CT molecular complexity index is 883. The molecule has 0 spiro atoms. The molecule has 0 aliphatic carbocycles. The zero-order valence-corrected chi connectivity index (χ0v) is 18.1. The van der Waals surface area contributed by atoms with E-state index in [4.69, 9.17) is 4.74 Å². The molecule has 1 aliphatic rings. The summed E-state index contributed by atoms with van der Waals surface area (Å²) in [7, 11) is 3.80. The summed E-state index contributed by atoms with van der Waals surface area (Å²) in [5.74, 6) is 1.71. The van der Waals surface area contributed by atoms with Gasteiger partial charge in [0, 0.05) is 17.2 Å². The van der Waals surface area contributed by atoms with Gasteiger partial charge in [-0.05, 0) is 68.6 Å². The molecule has 1 atom stereocenters. The van der Waals surface area contributed by atoms with Gasteiger partial charge in [-0.25, -0.2) is 0 Å². The highest BCUT2D eigenvalue weighted by molar-refractivity contribution is 5.94. The highest BCUT2D eigenvalue weighted by Crippen LogP contribution is 2.46. The number of ether oxygens (including phenoxy) is 1. The summed E-state index contributed by atoms with van der Waals surface area (Å²) < 4.78 is 6.14. The fourth-order valence-corrected chi connectivity index (χ4v) is 4.03. The van der Waals surface area contributed by atoms with Gasteiger partial charge in [-0.3, -0.25) is 4.79 Å². The van der Waals surface area contributed by atoms with Gasteiger partial charge in [-0.15, -0.1) is 0 Å². The van der Waals surface area contributed by atoms with E-state index in [1.807, 2.05) is 19.0 Å². The number of fused-ring (bicyclic) bond motifs is 1. The summed E-state index contributed by atoms with van der Waals surface area (Å²) >= 11 is 0. The second-order valence-corrected chi connectivity index (χ2v) is 8.46. The number of likely N-dealkylation sites (N-methyl/N-ethyl adjacent to an activating group) is 1. The minimum absolute atomic E-state index is 0.00676. The van der Waals surface area contributed by atoms with E-state index in [-0.39, 0.29) is 11.8 Å². The number of hydrogen-bond donors (Lipinski definition) is 1. The van der Waals surface area contributed by atoms with Crippen LogP contribution in [0.5, 0.6) is 5.75 Å². The number of anilines is 1. The number of carbonyl (C=O) groups is 1. The Kier molecular flexibility index (Phi) is 5.80. The molecule has 0 fully saturated rings. The van der Waals surface area contributed by atoms with Gasteiger partial charge in [0.15, 0.2) is 0 Å². The average molecular weight is 381 g/mol. The van der Waals surface area contributed by atoms with E-state index in [2.05, 4.69) is 64.2 Å². The third-order valence-electron chi connectivity index (χ3n) is 5.77. The first kappa shape index (κ1) is 20.4. The number of rotatable bonds is 5. The Balaban J connectivity index is 2.01. The topological polar surface area (TPSA) is 41.6 Å². The van der Waals surface area contributed by atoms with Gasteiger partial charge in [0.1, 0.15) is 5.75 Å². The van der Waals surface area contributed by atoms with Crippen molar-refractivity contribution in [2.45, 2.75) is 46.5 Å². The first-order valence-electron chi connectivity index (χ1n) is 10.0. The molecule has 0 aromatic heterocycles. The number of hydrogen-bond acceptors (Lipinski definition) is 3. The molecule has 0 bridgehead atoms. The first-order valence-corrected chi connectivity index (χ1v) is 10.0. The summed E-state index contributed by atoms with van der Waals surface area (Å²) in [6, 6.07) is 8.87. The standard InChI is InChI=1S/C24H32N2O2/c1-14(2)18-8-10-19(11-9-18)20-13-28-24-16(4)15(3)23(17(5)22(20)24)25-21(27)12-26(6)7/h8-11,14,20H,12-13H2,1-7H3,(H,25,27). The van der Waals surface area contributed by atoms with Gasteiger partial charge in [-0.1, -0.05) is 38.1 Å². The van der Waals surface area contributed by atoms with Crippen LogP contribution in [0.3, 0.4) is 0 Å². The number of benzene rings is 2. The molecule has 2 aromatic carbocycles. The molecule has 1 heterocycles. The maximum absolute atomic E-state index is 12.4. The van der Waals surface area contributed by atoms with E-state index in [1.54, 1.807) is 0 Å². The first-order chi connectivity index (χ1) is 13.2. The maximum atomic E-state index is 12.4. The van der Waals surface area contributed by atoms with E-state index in [1.165, 1.54) is 16.7 Å². The largest absolute Gasteiger partial charge is 0.492 e. The molecule has 1 aliphatic heterocycles. The fraction of sp³-hybridized carbons (Fsp3) is 0.458. The zero-order chi connectivity index (χ0) is 20.6. The third kappa shape index (κ3) is 3.79. The van der Waals surface area contributed by atoms with Gasteiger partial charge >= 0.3 is 0 Å². The third-order valence-corrected chi connectivity index (χ3v) is 5.77. The summed E-state index contributed by atoms with van der Waals surface area (Å²) in [5.41, 5.74) is 8.05. The second-order valence-electron chi connectivity index (χ2n) is 8.46. The Morgan fingerprint density at radius 2 is 1.75 bits per heavy atom. The minimum Gasteiger partial charge on any atom is -0.492 e. The predicted molar refractivity (Wildman–Crippen MR) is 116 cm³/mol. The molecular formula is C24H32N2O2. The highest BCUT2D eigenvalue weighted by Gasteiger charge is 2.32. The molecule has 3 rings (SSSR count). The van der Waals surface area contributed by atoms with Crippen molar-refractivity contribution >= 4 is 11.6 Å². The van der Waals surface area contributed by atoms with Gasteiger partial charge in [0.25, 0.3) is 0 Å². The normalized spacial score (nSPS) is 15.7. The Labute approximate surface area is 168 Å². The summed E-state index contributed by atoms with van der Waals surface area (Å²) in [6.07, 6.45) is 0.